The summed E-state index contributed by atoms with van der Waals surface area (Å²) >= 11 is 0. The van der Waals surface area contributed by atoms with E-state index < -0.39 is 0 Å². The molecule has 0 unspecified atom stereocenters. The third-order valence-electron chi connectivity index (χ3n) is 4.40. The molecule has 0 aliphatic carbocycles. The van der Waals surface area contributed by atoms with Crippen molar-refractivity contribution in [2.75, 3.05) is 20.0 Å². The number of aromatic nitrogens is 4. The Morgan fingerprint density at radius 1 is 1.12 bits per heavy atom. The molecule has 2 N–H and O–H groups in total. The van der Waals surface area contributed by atoms with Gasteiger partial charge in [0.25, 0.3) is 0 Å². The van der Waals surface area contributed by atoms with Gasteiger partial charge in [-0.3, -0.25) is 0 Å². The smallest absolute Gasteiger partial charge is 0.341 e. The van der Waals surface area contributed by atoms with Gasteiger partial charge in [-0.2, -0.15) is 4.68 Å². The van der Waals surface area contributed by atoms with Gasteiger partial charge >= 0.3 is 6.01 Å². The van der Waals surface area contributed by atoms with E-state index in [-0.39, 0.29) is 37.1 Å². The maximum atomic E-state index is 5.98. The Kier molecular flexibility index (Phi) is 3.08. The van der Waals surface area contributed by atoms with E-state index in [4.69, 9.17) is 29.4 Å². The maximum Gasteiger partial charge on any atom is 0.341 e. The Morgan fingerprint density at radius 3 is 2.96 bits per heavy atom. The Balaban J connectivity index is 1.40. The first kappa shape index (κ1) is 14.0. The number of benzene rings is 1. The van der Waals surface area contributed by atoms with Crippen LogP contribution in [0.1, 0.15) is 6.04 Å². The first-order chi connectivity index (χ1) is 11.8. The lowest BCUT2D eigenvalue weighted by Crippen LogP contribution is -2.36. The highest BCUT2D eigenvalue weighted by molar-refractivity contribution is 5.47. The van der Waals surface area contributed by atoms with E-state index in [0.29, 0.717) is 30.5 Å². The van der Waals surface area contributed by atoms with Crippen LogP contribution in [-0.2, 0) is 9.47 Å². The normalized spacial score (nSPS) is 30.5. The van der Waals surface area contributed by atoms with Crippen molar-refractivity contribution in [2.45, 2.75) is 24.3 Å². The molecule has 3 aliphatic heterocycles. The van der Waals surface area contributed by atoms with Crippen molar-refractivity contribution in [3.8, 4) is 23.3 Å². The van der Waals surface area contributed by atoms with E-state index in [0.717, 1.165) is 0 Å². The van der Waals surface area contributed by atoms with Crippen molar-refractivity contribution in [1.82, 2.24) is 20.2 Å². The molecule has 1 aromatic heterocycles. The second-order valence-corrected chi connectivity index (χ2v) is 5.85. The Labute approximate surface area is 136 Å². The van der Waals surface area contributed by atoms with E-state index >= 15 is 0 Å². The highest BCUT2D eigenvalue weighted by atomic mass is 16.7. The van der Waals surface area contributed by atoms with Gasteiger partial charge in [-0.05, 0) is 22.6 Å². The average Bonchev–Trinajstić information content (AvgIpc) is 3.33. The van der Waals surface area contributed by atoms with Gasteiger partial charge < -0.3 is 29.4 Å². The van der Waals surface area contributed by atoms with Crippen LogP contribution in [0.3, 0.4) is 0 Å². The number of hydrogen-bond donors (Lipinski definition) is 1. The van der Waals surface area contributed by atoms with Crippen molar-refractivity contribution in [2.24, 2.45) is 5.73 Å². The van der Waals surface area contributed by atoms with E-state index in [1.807, 2.05) is 0 Å². The van der Waals surface area contributed by atoms with Gasteiger partial charge in [-0.1, -0.05) is 5.10 Å². The fraction of sp³-hybridized carbons (Fsp3) is 0.500. The van der Waals surface area contributed by atoms with Crippen molar-refractivity contribution in [3.63, 3.8) is 0 Å². The highest BCUT2D eigenvalue weighted by Gasteiger charge is 2.48. The molecular weight excluding hydrogens is 318 g/mol. The fourth-order valence-corrected chi connectivity index (χ4v) is 3.22. The summed E-state index contributed by atoms with van der Waals surface area (Å²) in [6.07, 6.45) is -0.319. The fourth-order valence-electron chi connectivity index (χ4n) is 3.22. The van der Waals surface area contributed by atoms with Crippen LogP contribution < -0.4 is 19.9 Å². The van der Waals surface area contributed by atoms with Gasteiger partial charge in [0.05, 0.1) is 19.3 Å². The molecule has 4 atom stereocenters. The van der Waals surface area contributed by atoms with Crippen molar-refractivity contribution in [1.29, 1.82) is 0 Å². The van der Waals surface area contributed by atoms with E-state index in [2.05, 4.69) is 15.5 Å². The molecule has 2 fully saturated rings. The van der Waals surface area contributed by atoms with Crippen molar-refractivity contribution < 1.29 is 23.7 Å². The van der Waals surface area contributed by atoms with Crippen LogP contribution in [0.2, 0.25) is 0 Å². The highest BCUT2D eigenvalue weighted by Crippen LogP contribution is 2.38. The van der Waals surface area contributed by atoms with Gasteiger partial charge in [0, 0.05) is 6.07 Å². The third-order valence-corrected chi connectivity index (χ3v) is 4.40. The average molecular weight is 333 g/mol. The molecule has 3 aliphatic rings. The maximum absolute atomic E-state index is 5.98. The third kappa shape index (κ3) is 2.11. The molecule has 126 valence electrons. The lowest BCUT2D eigenvalue weighted by Gasteiger charge is -2.16. The molecular formula is C14H15N5O5. The van der Waals surface area contributed by atoms with Gasteiger partial charge in [0.1, 0.15) is 24.0 Å². The van der Waals surface area contributed by atoms with Crippen LogP contribution in [0, 0.1) is 0 Å². The van der Waals surface area contributed by atoms with Crippen molar-refractivity contribution in [3.05, 3.63) is 18.2 Å². The number of tetrazole rings is 1. The topological polar surface area (TPSA) is 116 Å². The number of nitrogens with two attached hydrogens (primary N) is 1. The lowest BCUT2D eigenvalue weighted by atomic mass is 10.1. The van der Waals surface area contributed by atoms with Gasteiger partial charge in [-0.25, -0.2) is 0 Å². The number of rotatable bonds is 3. The molecule has 1 aromatic carbocycles. The summed E-state index contributed by atoms with van der Waals surface area (Å²) in [4.78, 5) is 0. The van der Waals surface area contributed by atoms with E-state index in [9.17, 15) is 0 Å². The summed E-state index contributed by atoms with van der Waals surface area (Å²) < 4.78 is 29.5. The Hall–Kier alpha value is -2.43. The molecule has 0 amide bonds. The second-order valence-electron chi connectivity index (χ2n) is 5.85. The molecule has 4 heterocycles. The number of hydrogen-bond acceptors (Lipinski definition) is 9. The lowest BCUT2D eigenvalue weighted by molar-refractivity contribution is 0.0617. The van der Waals surface area contributed by atoms with Crippen LogP contribution in [0.15, 0.2) is 18.2 Å². The minimum atomic E-state index is -0.178. The van der Waals surface area contributed by atoms with Gasteiger partial charge in [0.2, 0.25) is 6.79 Å². The monoisotopic (exact) mass is 333 g/mol. The summed E-state index contributed by atoms with van der Waals surface area (Å²) in [7, 11) is 0. The van der Waals surface area contributed by atoms with Crippen LogP contribution in [0.5, 0.6) is 23.3 Å². The van der Waals surface area contributed by atoms with E-state index in [1.54, 1.807) is 22.9 Å². The minimum Gasteiger partial charge on any atom is -0.454 e. The predicted molar refractivity (Wildman–Crippen MR) is 76.9 cm³/mol. The zero-order chi connectivity index (χ0) is 16.1. The van der Waals surface area contributed by atoms with Crippen LogP contribution in [0.25, 0.3) is 0 Å². The molecule has 2 aromatic rings. The van der Waals surface area contributed by atoms with Crippen LogP contribution in [0.4, 0.5) is 0 Å². The largest absolute Gasteiger partial charge is 0.454 e. The molecule has 10 nitrogen and oxygen atoms in total. The van der Waals surface area contributed by atoms with Gasteiger partial charge in [0.15, 0.2) is 11.5 Å². The number of fused-ring (bicyclic) bond motifs is 2. The minimum absolute atomic E-state index is 0.130. The zero-order valence-corrected chi connectivity index (χ0v) is 12.6. The SMILES string of the molecule is N[C@H]1CO[C@H]2[C@@H]1OC[C@@H]2n1nnnc1Oc1ccc2c(c1)OCO2. The predicted octanol–water partition coefficient (Wildman–Crippen LogP) is -0.140. The summed E-state index contributed by atoms with van der Waals surface area (Å²) in [6.45, 7) is 1.09. The number of nitrogens with zero attached hydrogens (tertiary/aromatic N) is 4. The summed E-state index contributed by atoms with van der Waals surface area (Å²) in [5.41, 5.74) is 5.98. The first-order valence-corrected chi connectivity index (χ1v) is 7.64. The summed E-state index contributed by atoms with van der Waals surface area (Å²) in [5.74, 6) is 1.86. The van der Waals surface area contributed by atoms with Gasteiger partial charge in [-0.15, -0.1) is 0 Å². The number of ether oxygens (including phenoxy) is 5. The quantitative estimate of drug-likeness (QED) is 0.819. The zero-order valence-electron chi connectivity index (χ0n) is 12.6. The second kappa shape index (κ2) is 5.30. The first-order valence-electron chi connectivity index (χ1n) is 7.64. The molecule has 0 spiro atoms. The summed E-state index contributed by atoms with van der Waals surface area (Å²) in [5, 5.41) is 11.7. The van der Waals surface area contributed by atoms with E-state index in [1.165, 1.54) is 0 Å². The molecule has 5 rings (SSSR count). The molecule has 10 heteroatoms. The Bertz CT molecular complexity index is 768. The van der Waals surface area contributed by atoms with Crippen molar-refractivity contribution >= 4 is 0 Å². The molecule has 2 saturated heterocycles. The molecule has 24 heavy (non-hydrogen) atoms. The van der Waals surface area contributed by atoms with Crippen LogP contribution in [-0.4, -0.2) is 58.5 Å². The Morgan fingerprint density at radius 2 is 2.00 bits per heavy atom. The standard InChI is InChI=1S/C14H15N5O5/c15-8-4-20-13-9(5-21-12(8)13)19-14(16-17-18-19)24-7-1-2-10-11(3-7)23-6-22-10/h1-3,8-9,12-13H,4-6,15H2/t8-,9-,12+,13+/m0/s1. The summed E-state index contributed by atoms with van der Waals surface area (Å²) in [6, 6.07) is 5.23. The molecule has 0 bridgehead atoms. The molecule has 0 radical (unpaired) electrons. The van der Waals surface area contributed by atoms with Crippen LogP contribution >= 0.6 is 0 Å². The molecule has 0 saturated carbocycles.